The highest BCUT2D eigenvalue weighted by Crippen LogP contribution is 2.21. The van der Waals surface area contributed by atoms with Crippen molar-refractivity contribution in [2.45, 2.75) is 13.3 Å². The van der Waals surface area contributed by atoms with Crippen LogP contribution in [-0.2, 0) is 0 Å². The van der Waals surface area contributed by atoms with Gasteiger partial charge < -0.3 is 20.5 Å². The van der Waals surface area contributed by atoms with Crippen LogP contribution in [-0.4, -0.2) is 39.4 Å². The lowest BCUT2D eigenvalue weighted by molar-refractivity contribution is -0.274. The Bertz CT molecular complexity index is 731. The summed E-state index contributed by atoms with van der Waals surface area (Å²) in [6.45, 7) is 1.71. The van der Waals surface area contributed by atoms with Crippen LogP contribution in [0.3, 0.4) is 0 Å². The molecule has 0 atom stereocenters. The second-order valence-corrected chi connectivity index (χ2v) is 4.55. The van der Waals surface area contributed by atoms with Crippen LogP contribution in [0.2, 0.25) is 0 Å². The fourth-order valence-electron chi connectivity index (χ4n) is 1.79. The Morgan fingerprint density at radius 2 is 2.09 bits per heavy atom. The molecule has 2 rings (SSSR count). The second-order valence-electron chi connectivity index (χ2n) is 4.55. The van der Waals surface area contributed by atoms with Crippen molar-refractivity contribution in [3.63, 3.8) is 0 Å². The van der Waals surface area contributed by atoms with Crippen molar-refractivity contribution >= 4 is 24.7 Å². The van der Waals surface area contributed by atoms with Crippen molar-refractivity contribution in [2.24, 2.45) is 5.10 Å². The lowest BCUT2D eigenvalue weighted by Crippen LogP contribution is -2.34. The first kappa shape index (κ1) is 16.8. The summed E-state index contributed by atoms with van der Waals surface area (Å²) in [7, 11) is -2.14. The number of nitrogen functional groups attached to an aromatic ring is 1. The third-order valence-corrected chi connectivity index (χ3v) is 2.70. The summed E-state index contributed by atoms with van der Waals surface area (Å²) in [4.78, 5) is 3.93. The fraction of sp³-hybridized carbons (Fsp3) is 0.167. The van der Waals surface area contributed by atoms with Gasteiger partial charge in [0.25, 0.3) is 0 Å². The van der Waals surface area contributed by atoms with Crippen molar-refractivity contribution in [1.29, 1.82) is 0 Å². The Hall–Kier alpha value is -2.53. The number of nitrogens with two attached hydrogens (primary N) is 1. The maximum absolute atomic E-state index is 12.3. The van der Waals surface area contributed by atoms with Crippen LogP contribution in [0.4, 0.5) is 19.1 Å². The maximum Gasteiger partial charge on any atom is 0.573 e. The molecule has 1 aromatic heterocycles. The van der Waals surface area contributed by atoms with E-state index in [0.717, 1.165) is 12.1 Å². The van der Waals surface area contributed by atoms with Crippen molar-refractivity contribution in [2.75, 3.05) is 5.73 Å². The summed E-state index contributed by atoms with van der Waals surface area (Å²) in [5.74, 6) is -0.569. The van der Waals surface area contributed by atoms with E-state index in [-0.39, 0.29) is 5.95 Å². The van der Waals surface area contributed by atoms with Gasteiger partial charge in [-0.3, -0.25) is 0 Å². The standard InChI is InChI=1S/C12H12BF3N4O3/c1-7-6-20(11(17)19-7)18-5-8-2-3-10(23-12(14,15)16)9(4-8)13(21)22/h2-6,21-22H,1H3,(H2,17,19). The molecule has 0 unspecified atom stereocenters. The molecule has 0 aliphatic rings. The third-order valence-electron chi connectivity index (χ3n) is 2.70. The molecule has 0 saturated heterocycles. The number of anilines is 1. The molecule has 0 aliphatic carbocycles. The van der Waals surface area contributed by atoms with Crippen LogP contribution in [0.1, 0.15) is 11.3 Å². The number of imidazole rings is 1. The van der Waals surface area contributed by atoms with Gasteiger partial charge in [0.05, 0.1) is 18.1 Å². The van der Waals surface area contributed by atoms with E-state index in [2.05, 4.69) is 14.8 Å². The Balaban J connectivity index is 2.30. The first-order chi connectivity index (χ1) is 10.7. The Morgan fingerprint density at radius 3 is 2.61 bits per heavy atom. The van der Waals surface area contributed by atoms with Gasteiger partial charge in [0.2, 0.25) is 5.95 Å². The molecule has 2 aromatic rings. The summed E-state index contributed by atoms with van der Waals surface area (Å²) in [5, 5.41) is 22.4. The number of aromatic nitrogens is 2. The molecule has 0 aliphatic heterocycles. The monoisotopic (exact) mass is 328 g/mol. The van der Waals surface area contributed by atoms with E-state index < -0.39 is 24.7 Å². The highest BCUT2D eigenvalue weighted by molar-refractivity contribution is 6.59. The van der Waals surface area contributed by atoms with Gasteiger partial charge >= 0.3 is 13.5 Å². The zero-order valence-corrected chi connectivity index (χ0v) is 11.8. The molecule has 0 amide bonds. The van der Waals surface area contributed by atoms with Gasteiger partial charge in [0.15, 0.2) is 0 Å². The predicted molar refractivity (Wildman–Crippen MR) is 77.3 cm³/mol. The van der Waals surface area contributed by atoms with Crippen LogP contribution in [0.5, 0.6) is 5.75 Å². The van der Waals surface area contributed by atoms with Crippen molar-refractivity contribution in [1.82, 2.24) is 9.66 Å². The van der Waals surface area contributed by atoms with Crippen LogP contribution in [0, 0.1) is 6.92 Å². The largest absolute Gasteiger partial charge is 0.573 e. The van der Waals surface area contributed by atoms with Gasteiger partial charge in [-0.2, -0.15) is 5.10 Å². The molecule has 0 saturated carbocycles. The van der Waals surface area contributed by atoms with Crippen LogP contribution < -0.4 is 15.9 Å². The van der Waals surface area contributed by atoms with E-state index in [1.165, 1.54) is 17.0 Å². The normalized spacial score (nSPS) is 11.9. The summed E-state index contributed by atoms with van der Waals surface area (Å²) in [6.07, 6.45) is -2.11. The number of nitrogens with zero attached hydrogens (tertiary/aromatic N) is 3. The van der Waals surface area contributed by atoms with Gasteiger partial charge in [-0.1, -0.05) is 0 Å². The smallest absolute Gasteiger partial charge is 0.423 e. The van der Waals surface area contributed by atoms with Gasteiger partial charge in [0, 0.05) is 5.46 Å². The average molecular weight is 328 g/mol. The number of benzene rings is 1. The predicted octanol–water partition coefficient (Wildman–Crippen LogP) is 0.234. The Kier molecular flexibility index (Phi) is 4.61. The molecule has 7 nitrogen and oxygen atoms in total. The Morgan fingerprint density at radius 1 is 1.39 bits per heavy atom. The van der Waals surface area contributed by atoms with E-state index in [0.29, 0.717) is 11.3 Å². The minimum atomic E-state index is -4.94. The molecule has 0 fully saturated rings. The van der Waals surface area contributed by atoms with Crippen LogP contribution >= 0.6 is 0 Å². The average Bonchev–Trinajstić information content (AvgIpc) is 2.74. The van der Waals surface area contributed by atoms with Crippen molar-refractivity contribution in [3.05, 3.63) is 35.7 Å². The van der Waals surface area contributed by atoms with Crippen LogP contribution in [0.15, 0.2) is 29.5 Å². The number of aryl methyl sites for hydroxylation is 1. The first-order valence-electron chi connectivity index (χ1n) is 6.27. The first-order valence-corrected chi connectivity index (χ1v) is 6.27. The second kappa shape index (κ2) is 6.30. The third kappa shape index (κ3) is 4.47. The highest BCUT2D eigenvalue weighted by Gasteiger charge is 2.33. The zero-order valence-electron chi connectivity index (χ0n) is 11.8. The van der Waals surface area contributed by atoms with E-state index in [4.69, 9.17) is 5.73 Å². The number of hydrogen-bond acceptors (Lipinski definition) is 6. The lowest BCUT2D eigenvalue weighted by atomic mass is 9.79. The van der Waals surface area contributed by atoms with Gasteiger partial charge in [0.1, 0.15) is 5.75 Å². The zero-order chi connectivity index (χ0) is 17.2. The molecule has 0 radical (unpaired) electrons. The lowest BCUT2D eigenvalue weighted by Gasteiger charge is -2.13. The molecular weight excluding hydrogens is 316 g/mol. The van der Waals surface area contributed by atoms with E-state index in [1.807, 2.05) is 0 Å². The maximum atomic E-state index is 12.3. The van der Waals surface area contributed by atoms with E-state index in [1.54, 1.807) is 13.1 Å². The number of alkyl halides is 3. The molecule has 11 heteroatoms. The number of hydrogen-bond donors (Lipinski definition) is 3. The van der Waals surface area contributed by atoms with Gasteiger partial charge in [-0.15, -0.1) is 13.2 Å². The number of halogens is 3. The summed E-state index contributed by atoms with van der Waals surface area (Å²) >= 11 is 0. The molecule has 0 spiro atoms. The molecule has 1 aromatic carbocycles. The highest BCUT2D eigenvalue weighted by atomic mass is 19.4. The SMILES string of the molecule is Cc1cn(N=Cc2ccc(OC(F)(F)F)c(B(O)O)c2)c(N)n1. The van der Waals surface area contributed by atoms with E-state index in [9.17, 15) is 23.2 Å². The fourth-order valence-corrected chi connectivity index (χ4v) is 1.79. The molecule has 122 valence electrons. The molecule has 0 bridgehead atoms. The summed E-state index contributed by atoms with van der Waals surface area (Å²) < 4.78 is 41.8. The van der Waals surface area contributed by atoms with Crippen molar-refractivity contribution < 1.29 is 28.0 Å². The molecule has 23 heavy (non-hydrogen) atoms. The number of ether oxygens (including phenoxy) is 1. The molecular formula is C12H12BF3N4O3. The van der Waals surface area contributed by atoms with Crippen LogP contribution in [0.25, 0.3) is 0 Å². The van der Waals surface area contributed by atoms with E-state index >= 15 is 0 Å². The quantitative estimate of drug-likeness (QED) is 0.550. The molecule has 1 heterocycles. The Labute approximate surface area is 129 Å². The van der Waals surface area contributed by atoms with Crippen molar-refractivity contribution in [3.8, 4) is 5.75 Å². The minimum Gasteiger partial charge on any atom is -0.423 e. The topological polar surface area (TPSA) is 106 Å². The molecule has 4 N–H and O–H groups in total. The summed E-state index contributed by atoms with van der Waals surface area (Å²) in [5.41, 5.74) is 6.10. The van der Waals surface area contributed by atoms with Gasteiger partial charge in [-0.25, -0.2) is 9.66 Å². The van der Waals surface area contributed by atoms with Gasteiger partial charge in [-0.05, 0) is 30.7 Å². The number of rotatable bonds is 4. The summed E-state index contributed by atoms with van der Waals surface area (Å²) in [6, 6.07) is 3.35. The minimum absolute atomic E-state index is 0.137.